The van der Waals surface area contributed by atoms with Crippen LogP contribution in [0.5, 0.6) is 0 Å². The lowest BCUT2D eigenvalue weighted by atomic mass is 10.1. The minimum absolute atomic E-state index is 0.0841. The summed E-state index contributed by atoms with van der Waals surface area (Å²) in [6.45, 7) is 5.89. The van der Waals surface area contributed by atoms with Crippen LogP contribution in [0.25, 0.3) is 0 Å². The lowest BCUT2D eigenvalue weighted by Gasteiger charge is -2.27. The standard InChI is InChI=1S/C19H24N2O4/c1-19(2,3)25-18(23)21-13-20(15-10-7-11-16(15)21)17(22)24-12-14-8-5-4-6-9-14/h4-10,15-16H,11-13H2,1-3H3/t15-,16+/m0/s1. The molecule has 0 unspecified atom stereocenters. The van der Waals surface area contributed by atoms with E-state index in [1.807, 2.05) is 63.3 Å². The minimum Gasteiger partial charge on any atom is -0.444 e. The molecular weight excluding hydrogens is 320 g/mol. The van der Waals surface area contributed by atoms with Crippen molar-refractivity contribution in [3.8, 4) is 0 Å². The van der Waals surface area contributed by atoms with Crippen molar-refractivity contribution in [2.75, 3.05) is 6.67 Å². The second-order valence-electron chi connectivity index (χ2n) is 7.32. The molecule has 1 saturated heterocycles. The summed E-state index contributed by atoms with van der Waals surface area (Å²) in [7, 11) is 0. The Hall–Kier alpha value is -2.50. The van der Waals surface area contributed by atoms with Gasteiger partial charge in [0.05, 0.1) is 12.1 Å². The first-order valence-corrected chi connectivity index (χ1v) is 8.49. The fraction of sp³-hybridized carbons (Fsp3) is 0.474. The van der Waals surface area contributed by atoms with Crippen molar-refractivity contribution < 1.29 is 19.1 Å². The number of fused-ring (bicyclic) bond motifs is 1. The zero-order chi connectivity index (χ0) is 18.0. The molecule has 0 aromatic heterocycles. The van der Waals surface area contributed by atoms with E-state index < -0.39 is 17.8 Å². The molecule has 1 aromatic rings. The molecule has 134 valence electrons. The van der Waals surface area contributed by atoms with Crippen molar-refractivity contribution >= 4 is 12.2 Å². The number of carbonyl (C=O) groups is 2. The topological polar surface area (TPSA) is 59.1 Å². The van der Waals surface area contributed by atoms with E-state index in [0.29, 0.717) is 6.42 Å². The zero-order valence-corrected chi connectivity index (χ0v) is 14.8. The molecule has 0 N–H and O–H groups in total. The summed E-state index contributed by atoms with van der Waals surface area (Å²) in [5.74, 6) is 0. The molecule has 6 heteroatoms. The summed E-state index contributed by atoms with van der Waals surface area (Å²) in [5.41, 5.74) is 0.359. The number of amides is 2. The third kappa shape index (κ3) is 3.95. The fourth-order valence-electron chi connectivity index (χ4n) is 3.11. The van der Waals surface area contributed by atoms with Crippen molar-refractivity contribution in [3.63, 3.8) is 0 Å². The Bertz CT molecular complexity index is 666. The largest absolute Gasteiger partial charge is 0.444 e. The van der Waals surface area contributed by atoms with Gasteiger partial charge in [-0.15, -0.1) is 0 Å². The van der Waals surface area contributed by atoms with Crippen molar-refractivity contribution in [1.82, 2.24) is 9.80 Å². The highest BCUT2D eigenvalue weighted by Crippen LogP contribution is 2.31. The van der Waals surface area contributed by atoms with Crippen molar-refractivity contribution in [2.24, 2.45) is 0 Å². The molecule has 2 amide bonds. The average molecular weight is 344 g/mol. The lowest BCUT2D eigenvalue weighted by molar-refractivity contribution is 0.0205. The third-order valence-electron chi connectivity index (χ3n) is 4.24. The molecular formula is C19H24N2O4. The molecule has 1 fully saturated rings. The summed E-state index contributed by atoms with van der Waals surface area (Å²) in [6, 6.07) is 9.29. The van der Waals surface area contributed by atoms with E-state index in [0.717, 1.165) is 5.56 Å². The van der Waals surface area contributed by atoms with Crippen LogP contribution >= 0.6 is 0 Å². The quantitative estimate of drug-likeness (QED) is 0.770. The third-order valence-corrected chi connectivity index (χ3v) is 4.24. The first kappa shape index (κ1) is 17.3. The Morgan fingerprint density at radius 3 is 2.52 bits per heavy atom. The Balaban J connectivity index is 1.64. The SMILES string of the molecule is CC(C)(C)OC(=O)N1CN(C(=O)OCc2ccccc2)[C@H]2C=CC[C@H]21. The zero-order valence-electron chi connectivity index (χ0n) is 14.8. The van der Waals surface area contributed by atoms with Crippen LogP contribution in [0.1, 0.15) is 32.8 Å². The van der Waals surface area contributed by atoms with Gasteiger partial charge in [0.2, 0.25) is 0 Å². The Labute approximate surface area is 148 Å². The Morgan fingerprint density at radius 1 is 1.12 bits per heavy atom. The normalized spacial score (nSPS) is 22.0. The smallest absolute Gasteiger partial charge is 0.412 e. The summed E-state index contributed by atoms with van der Waals surface area (Å²) >= 11 is 0. The van der Waals surface area contributed by atoms with Gasteiger partial charge in [0.15, 0.2) is 0 Å². The minimum atomic E-state index is -0.570. The van der Waals surface area contributed by atoms with Gasteiger partial charge in [-0.3, -0.25) is 9.80 Å². The van der Waals surface area contributed by atoms with E-state index >= 15 is 0 Å². The predicted octanol–water partition coefficient (Wildman–Crippen LogP) is 3.53. The van der Waals surface area contributed by atoms with Gasteiger partial charge in [0, 0.05) is 0 Å². The second-order valence-corrected chi connectivity index (χ2v) is 7.32. The maximum Gasteiger partial charge on any atom is 0.412 e. The van der Waals surface area contributed by atoms with Crippen LogP contribution in [0, 0.1) is 0 Å². The number of hydrogen-bond donors (Lipinski definition) is 0. The molecule has 2 aliphatic rings. The van der Waals surface area contributed by atoms with Crippen LogP contribution in [0.4, 0.5) is 9.59 Å². The summed E-state index contributed by atoms with van der Waals surface area (Å²) < 4.78 is 10.9. The van der Waals surface area contributed by atoms with Gasteiger partial charge in [-0.25, -0.2) is 9.59 Å². The van der Waals surface area contributed by atoms with E-state index in [4.69, 9.17) is 9.47 Å². The van der Waals surface area contributed by atoms with Crippen molar-refractivity contribution in [1.29, 1.82) is 0 Å². The molecule has 0 radical (unpaired) electrons. The highest BCUT2D eigenvalue weighted by atomic mass is 16.6. The van der Waals surface area contributed by atoms with Crippen molar-refractivity contribution in [2.45, 2.75) is 51.5 Å². The first-order valence-electron chi connectivity index (χ1n) is 8.49. The molecule has 2 atom stereocenters. The van der Waals surface area contributed by atoms with Crippen LogP contribution in [0.15, 0.2) is 42.5 Å². The van der Waals surface area contributed by atoms with Crippen LogP contribution in [-0.4, -0.2) is 46.3 Å². The van der Waals surface area contributed by atoms with Gasteiger partial charge < -0.3 is 9.47 Å². The number of hydrogen-bond acceptors (Lipinski definition) is 4. The molecule has 3 rings (SSSR count). The fourth-order valence-corrected chi connectivity index (χ4v) is 3.11. The van der Waals surface area contributed by atoms with Crippen LogP contribution in [-0.2, 0) is 16.1 Å². The van der Waals surface area contributed by atoms with E-state index in [1.54, 1.807) is 9.80 Å². The van der Waals surface area contributed by atoms with Crippen molar-refractivity contribution in [3.05, 3.63) is 48.0 Å². The number of nitrogens with zero attached hydrogens (tertiary/aromatic N) is 2. The second kappa shape index (κ2) is 6.78. The molecule has 6 nitrogen and oxygen atoms in total. The summed E-state index contributed by atoms with van der Waals surface area (Å²) in [6.07, 6.45) is 3.84. The number of rotatable bonds is 2. The highest BCUT2D eigenvalue weighted by molar-refractivity contribution is 5.74. The summed E-state index contributed by atoms with van der Waals surface area (Å²) in [4.78, 5) is 28.1. The molecule has 1 heterocycles. The number of benzene rings is 1. The monoisotopic (exact) mass is 344 g/mol. The molecule has 1 aromatic carbocycles. The Kier molecular flexibility index (Phi) is 4.70. The van der Waals surface area contributed by atoms with E-state index in [2.05, 4.69) is 0 Å². The van der Waals surface area contributed by atoms with E-state index in [1.165, 1.54) is 0 Å². The summed E-state index contributed by atoms with van der Waals surface area (Å²) in [5, 5.41) is 0. The lowest BCUT2D eigenvalue weighted by Crippen LogP contribution is -2.41. The van der Waals surface area contributed by atoms with Crippen LogP contribution < -0.4 is 0 Å². The van der Waals surface area contributed by atoms with Gasteiger partial charge in [0.25, 0.3) is 0 Å². The molecule has 25 heavy (non-hydrogen) atoms. The van der Waals surface area contributed by atoms with Crippen LogP contribution in [0.3, 0.4) is 0 Å². The highest BCUT2D eigenvalue weighted by Gasteiger charge is 2.46. The predicted molar refractivity (Wildman–Crippen MR) is 92.7 cm³/mol. The average Bonchev–Trinajstić information content (AvgIpc) is 3.14. The molecule has 0 spiro atoms. The Morgan fingerprint density at radius 2 is 1.84 bits per heavy atom. The number of ether oxygens (including phenoxy) is 2. The van der Waals surface area contributed by atoms with Gasteiger partial charge in [-0.2, -0.15) is 0 Å². The van der Waals surface area contributed by atoms with Gasteiger partial charge in [-0.1, -0.05) is 42.5 Å². The maximum atomic E-state index is 12.5. The number of carbonyl (C=O) groups excluding carboxylic acids is 2. The van der Waals surface area contributed by atoms with E-state index in [-0.39, 0.29) is 25.4 Å². The van der Waals surface area contributed by atoms with Gasteiger partial charge >= 0.3 is 12.2 Å². The van der Waals surface area contributed by atoms with E-state index in [9.17, 15) is 9.59 Å². The molecule has 0 bridgehead atoms. The first-order chi connectivity index (χ1) is 11.8. The van der Waals surface area contributed by atoms with Gasteiger partial charge in [0.1, 0.15) is 18.9 Å². The molecule has 1 aliphatic carbocycles. The van der Waals surface area contributed by atoms with Crippen LogP contribution in [0.2, 0.25) is 0 Å². The molecule has 1 aliphatic heterocycles. The van der Waals surface area contributed by atoms with Gasteiger partial charge in [-0.05, 0) is 32.8 Å². The maximum absolute atomic E-state index is 12.5. The molecule has 0 saturated carbocycles.